The summed E-state index contributed by atoms with van der Waals surface area (Å²) in [6, 6.07) is 11.6. The van der Waals surface area contributed by atoms with Crippen LogP contribution in [0.1, 0.15) is 5.56 Å². The molecule has 1 amide bonds. The van der Waals surface area contributed by atoms with Gasteiger partial charge in [0.15, 0.2) is 5.16 Å². The number of non-ortho nitro benzene ring substituents is 1. The second-order valence-corrected chi connectivity index (χ2v) is 6.84. The van der Waals surface area contributed by atoms with E-state index in [1.165, 1.54) is 30.0 Å². The van der Waals surface area contributed by atoms with Gasteiger partial charge in [-0.1, -0.05) is 23.9 Å². The number of hydrogen-bond donors (Lipinski definition) is 1. The normalized spacial score (nSPS) is 10.5. The predicted molar refractivity (Wildman–Crippen MR) is 107 cm³/mol. The van der Waals surface area contributed by atoms with Gasteiger partial charge in [0.2, 0.25) is 5.91 Å². The number of methoxy groups -OCH3 is 1. The monoisotopic (exact) mass is 398 g/mol. The number of benzene rings is 2. The molecule has 0 atom stereocenters. The molecule has 1 aromatic heterocycles. The number of carbonyl (C=O) groups is 1. The van der Waals surface area contributed by atoms with Crippen LogP contribution in [0.15, 0.2) is 60.0 Å². The number of nitrogens with one attached hydrogen (secondary N) is 1. The molecule has 0 aliphatic carbocycles. The standard InChI is InChI=1S/C19H18N4O4S/c1-13-6-7-17(27-2)16(10-13)22-9-8-20-19(22)28-12-18(24)21-14-4-3-5-15(11-14)23(25)26/h3-11H,12H2,1-2H3,(H,21,24). The first-order valence-corrected chi connectivity index (χ1v) is 9.32. The quantitative estimate of drug-likeness (QED) is 0.369. The number of anilines is 1. The molecule has 2 aromatic carbocycles. The van der Waals surface area contributed by atoms with E-state index in [9.17, 15) is 14.9 Å². The molecule has 1 heterocycles. The summed E-state index contributed by atoms with van der Waals surface area (Å²) in [4.78, 5) is 26.9. The van der Waals surface area contributed by atoms with Gasteiger partial charge in [0.25, 0.3) is 5.69 Å². The van der Waals surface area contributed by atoms with Crippen molar-refractivity contribution in [2.24, 2.45) is 0 Å². The first-order chi connectivity index (χ1) is 13.5. The summed E-state index contributed by atoms with van der Waals surface area (Å²) in [6.07, 6.45) is 3.46. The number of aryl methyl sites for hydroxylation is 1. The number of aromatic nitrogens is 2. The Balaban J connectivity index is 1.70. The third kappa shape index (κ3) is 4.49. The number of ether oxygens (including phenoxy) is 1. The number of rotatable bonds is 7. The van der Waals surface area contributed by atoms with Gasteiger partial charge in [0.1, 0.15) is 5.75 Å². The van der Waals surface area contributed by atoms with Crippen LogP contribution in [0.5, 0.6) is 5.75 Å². The lowest BCUT2D eigenvalue weighted by Gasteiger charge is -2.12. The van der Waals surface area contributed by atoms with Crippen molar-refractivity contribution in [1.29, 1.82) is 0 Å². The van der Waals surface area contributed by atoms with Crippen molar-refractivity contribution in [3.05, 3.63) is 70.5 Å². The van der Waals surface area contributed by atoms with Crippen LogP contribution < -0.4 is 10.1 Å². The molecule has 144 valence electrons. The third-order valence-electron chi connectivity index (χ3n) is 3.87. The number of nitro groups is 1. The first kappa shape index (κ1) is 19.4. The zero-order valence-corrected chi connectivity index (χ0v) is 16.1. The van der Waals surface area contributed by atoms with E-state index in [4.69, 9.17) is 4.74 Å². The maximum atomic E-state index is 12.3. The average molecular weight is 398 g/mol. The number of imidazole rings is 1. The van der Waals surface area contributed by atoms with Gasteiger partial charge >= 0.3 is 0 Å². The molecular weight excluding hydrogens is 380 g/mol. The number of thioether (sulfide) groups is 1. The van der Waals surface area contributed by atoms with E-state index in [-0.39, 0.29) is 17.3 Å². The molecule has 0 saturated heterocycles. The van der Waals surface area contributed by atoms with E-state index < -0.39 is 4.92 Å². The molecule has 0 bridgehead atoms. The lowest BCUT2D eigenvalue weighted by Crippen LogP contribution is -2.14. The van der Waals surface area contributed by atoms with E-state index in [2.05, 4.69) is 10.3 Å². The van der Waals surface area contributed by atoms with Crippen molar-refractivity contribution >= 4 is 29.0 Å². The summed E-state index contributed by atoms with van der Waals surface area (Å²) < 4.78 is 7.28. The van der Waals surface area contributed by atoms with E-state index in [1.807, 2.05) is 29.7 Å². The van der Waals surface area contributed by atoms with Crippen LogP contribution in [-0.2, 0) is 4.79 Å². The molecule has 3 rings (SSSR count). The SMILES string of the molecule is COc1ccc(C)cc1-n1ccnc1SCC(=O)Nc1cccc([N+](=O)[O-])c1. The van der Waals surface area contributed by atoms with E-state index in [0.29, 0.717) is 16.6 Å². The Hall–Kier alpha value is -3.33. The molecule has 28 heavy (non-hydrogen) atoms. The second kappa shape index (κ2) is 8.57. The summed E-state index contributed by atoms with van der Waals surface area (Å²) in [5.41, 5.74) is 2.21. The molecule has 0 fully saturated rings. The number of nitrogens with zero attached hydrogens (tertiary/aromatic N) is 3. The Bertz CT molecular complexity index is 1020. The topological polar surface area (TPSA) is 99.3 Å². The fourth-order valence-corrected chi connectivity index (χ4v) is 3.36. The van der Waals surface area contributed by atoms with Crippen molar-refractivity contribution in [3.8, 4) is 11.4 Å². The summed E-state index contributed by atoms with van der Waals surface area (Å²) in [5, 5.41) is 14.1. The molecule has 0 radical (unpaired) electrons. The average Bonchev–Trinajstić information content (AvgIpc) is 3.15. The smallest absolute Gasteiger partial charge is 0.271 e. The van der Waals surface area contributed by atoms with Crippen LogP contribution in [0.2, 0.25) is 0 Å². The van der Waals surface area contributed by atoms with E-state index >= 15 is 0 Å². The Morgan fingerprint density at radius 1 is 1.32 bits per heavy atom. The Labute approximate surface area is 165 Å². The van der Waals surface area contributed by atoms with Gasteiger partial charge in [0, 0.05) is 30.2 Å². The zero-order chi connectivity index (χ0) is 20.1. The van der Waals surface area contributed by atoms with Crippen LogP contribution in [0.3, 0.4) is 0 Å². The fraction of sp³-hybridized carbons (Fsp3) is 0.158. The maximum absolute atomic E-state index is 12.3. The highest BCUT2D eigenvalue weighted by Gasteiger charge is 2.13. The van der Waals surface area contributed by atoms with Crippen molar-refractivity contribution < 1.29 is 14.5 Å². The Kier molecular flexibility index (Phi) is 5.95. The highest BCUT2D eigenvalue weighted by Crippen LogP contribution is 2.28. The van der Waals surface area contributed by atoms with Crippen LogP contribution in [0.4, 0.5) is 11.4 Å². The van der Waals surface area contributed by atoms with E-state index in [1.54, 1.807) is 25.6 Å². The lowest BCUT2D eigenvalue weighted by molar-refractivity contribution is -0.384. The summed E-state index contributed by atoms with van der Waals surface area (Å²) in [7, 11) is 1.60. The number of amides is 1. The molecule has 0 unspecified atom stereocenters. The largest absolute Gasteiger partial charge is 0.495 e. The van der Waals surface area contributed by atoms with Crippen LogP contribution in [-0.4, -0.2) is 33.2 Å². The van der Waals surface area contributed by atoms with Crippen molar-refractivity contribution in [2.75, 3.05) is 18.2 Å². The minimum absolute atomic E-state index is 0.0764. The molecule has 0 aliphatic rings. The van der Waals surface area contributed by atoms with Crippen molar-refractivity contribution in [3.63, 3.8) is 0 Å². The van der Waals surface area contributed by atoms with Crippen molar-refractivity contribution in [1.82, 2.24) is 9.55 Å². The second-order valence-electron chi connectivity index (χ2n) is 5.90. The molecule has 3 aromatic rings. The van der Waals surface area contributed by atoms with Gasteiger partial charge in [-0.15, -0.1) is 0 Å². The van der Waals surface area contributed by atoms with Crippen LogP contribution >= 0.6 is 11.8 Å². The first-order valence-electron chi connectivity index (χ1n) is 8.33. The maximum Gasteiger partial charge on any atom is 0.271 e. The molecule has 1 N–H and O–H groups in total. The van der Waals surface area contributed by atoms with Gasteiger partial charge in [-0.3, -0.25) is 19.5 Å². The summed E-state index contributed by atoms with van der Waals surface area (Å²) in [5.74, 6) is 0.524. The highest BCUT2D eigenvalue weighted by atomic mass is 32.2. The van der Waals surface area contributed by atoms with Gasteiger partial charge in [0.05, 0.1) is 23.5 Å². The molecule has 0 saturated carbocycles. The molecule has 0 spiro atoms. The number of carbonyl (C=O) groups excluding carboxylic acids is 1. The number of hydrogen-bond acceptors (Lipinski definition) is 6. The zero-order valence-electron chi connectivity index (χ0n) is 15.3. The van der Waals surface area contributed by atoms with Gasteiger partial charge in [-0.25, -0.2) is 4.98 Å². The lowest BCUT2D eigenvalue weighted by atomic mass is 10.2. The van der Waals surface area contributed by atoms with E-state index in [0.717, 1.165) is 11.3 Å². The molecule has 8 nitrogen and oxygen atoms in total. The van der Waals surface area contributed by atoms with Crippen LogP contribution in [0.25, 0.3) is 5.69 Å². The molecular formula is C19H18N4O4S. The minimum Gasteiger partial charge on any atom is -0.495 e. The predicted octanol–water partition coefficient (Wildman–Crippen LogP) is 3.83. The minimum atomic E-state index is -0.504. The van der Waals surface area contributed by atoms with Crippen LogP contribution in [0, 0.1) is 17.0 Å². The summed E-state index contributed by atoms with van der Waals surface area (Å²) >= 11 is 1.26. The Morgan fingerprint density at radius 3 is 2.89 bits per heavy atom. The van der Waals surface area contributed by atoms with Gasteiger partial charge < -0.3 is 10.1 Å². The fourth-order valence-electron chi connectivity index (χ4n) is 2.59. The highest BCUT2D eigenvalue weighted by molar-refractivity contribution is 7.99. The molecule has 9 heteroatoms. The molecule has 0 aliphatic heterocycles. The Morgan fingerprint density at radius 2 is 2.14 bits per heavy atom. The van der Waals surface area contributed by atoms with Gasteiger partial charge in [-0.2, -0.15) is 0 Å². The number of nitro benzene ring substituents is 1. The van der Waals surface area contributed by atoms with Crippen molar-refractivity contribution in [2.45, 2.75) is 12.1 Å². The van der Waals surface area contributed by atoms with Gasteiger partial charge in [-0.05, 0) is 30.7 Å². The third-order valence-corrected chi connectivity index (χ3v) is 4.84. The summed E-state index contributed by atoms with van der Waals surface area (Å²) in [6.45, 7) is 1.99.